The highest BCUT2D eigenvalue weighted by Crippen LogP contribution is 2.32. The number of phenols is 1. The first-order valence-corrected chi connectivity index (χ1v) is 7.70. The maximum absolute atomic E-state index is 12.4. The lowest BCUT2D eigenvalue weighted by Crippen LogP contribution is -2.43. The minimum atomic E-state index is -1.61. The van der Waals surface area contributed by atoms with Gasteiger partial charge in [-0.3, -0.25) is 9.59 Å². The van der Waals surface area contributed by atoms with E-state index in [4.69, 9.17) is 14.2 Å². The van der Waals surface area contributed by atoms with Crippen LogP contribution in [0.4, 0.5) is 4.79 Å². The summed E-state index contributed by atoms with van der Waals surface area (Å²) < 4.78 is 18.7. The zero-order valence-corrected chi connectivity index (χ0v) is 14.9. The van der Waals surface area contributed by atoms with Crippen LogP contribution in [0.25, 0.3) is 0 Å². The van der Waals surface area contributed by atoms with E-state index in [9.17, 15) is 19.5 Å². The summed E-state index contributed by atoms with van der Waals surface area (Å²) >= 11 is 0. The minimum absolute atomic E-state index is 0.00876. The van der Waals surface area contributed by atoms with E-state index >= 15 is 0 Å². The predicted octanol–water partition coefficient (Wildman–Crippen LogP) is 2.00. The smallest absolute Gasteiger partial charge is 0.508 e. The molecule has 0 aromatic heterocycles. The van der Waals surface area contributed by atoms with Crippen LogP contribution in [0.1, 0.15) is 12.0 Å². The van der Waals surface area contributed by atoms with Gasteiger partial charge in [0.05, 0.1) is 21.3 Å². The Bertz CT molecular complexity index is 632. The molecular formula is C18H22O8. The van der Waals surface area contributed by atoms with E-state index in [1.165, 1.54) is 45.6 Å². The summed E-state index contributed by atoms with van der Waals surface area (Å²) in [5, 5.41) is 9.39. The Hall–Kier alpha value is -3.03. The van der Waals surface area contributed by atoms with Crippen molar-refractivity contribution in [2.24, 2.45) is 5.41 Å². The van der Waals surface area contributed by atoms with Crippen LogP contribution in [0.5, 0.6) is 5.75 Å². The van der Waals surface area contributed by atoms with Gasteiger partial charge in [-0.1, -0.05) is 24.3 Å². The second-order valence-electron chi connectivity index (χ2n) is 5.35. The monoisotopic (exact) mass is 366 g/mol. The molecule has 8 heteroatoms. The van der Waals surface area contributed by atoms with Crippen LogP contribution in [-0.4, -0.2) is 51.1 Å². The van der Waals surface area contributed by atoms with Gasteiger partial charge in [-0.05, 0) is 30.5 Å². The van der Waals surface area contributed by atoms with Crippen LogP contribution in [0.2, 0.25) is 0 Å². The van der Waals surface area contributed by atoms with Crippen LogP contribution >= 0.6 is 0 Å². The maximum Gasteiger partial charge on any atom is 0.508 e. The average Bonchev–Trinajstić information content (AvgIpc) is 2.66. The zero-order valence-electron chi connectivity index (χ0n) is 14.9. The van der Waals surface area contributed by atoms with E-state index in [1.807, 2.05) is 0 Å². The minimum Gasteiger partial charge on any atom is -0.508 e. The third-order valence-electron chi connectivity index (χ3n) is 3.69. The zero-order chi connectivity index (χ0) is 19.6. The van der Waals surface area contributed by atoms with E-state index in [1.54, 1.807) is 12.1 Å². The highest BCUT2D eigenvalue weighted by atomic mass is 16.7. The summed E-state index contributed by atoms with van der Waals surface area (Å²) in [6.07, 6.45) is 2.14. The molecule has 0 saturated carbocycles. The van der Waals surface area contributed by atoms with Crippen molar-refractivity contribution >= 4 is 18.1 Å². The summed E-state index contributed by atoms with van der Waals surface area (Å²) in [4.78, 5) is 35.7. The first-order chi connectivity index (χ1) is 12.4. The molecule has 0 aliphatic heterocycles. The molecule has 1 rings (SSSR count). The van der Waals surface area contributed by atoms with Crippen molar-refractivity contribution in [1.29, 1.82) is 0 Å². The highest BCUT2D eigenvalue weighted by Gasteiger charge is 2.47. The number of hydrogen-bond donors (Lipinski definition) is 1. The Balaban J connectivity index is 3.04. The molecule has 0 unspecified atom stereocenters. The van der Waals surface area contributed by atoms with Gasteiger partial charge in [-0.2, -0.15) is 0 Å². The Labute approximate surface area is 151 Å². The Morgan fingerprint density at radius 1 is 0.962 bits per heavy atom. The van der Waals surface area contributed by atoms with Crippen molar-refractivity contribution in [2.75, 3.05) is 27.9 Å². The van der Waals surface area contributed by atoms with Crippen LogP contribution in [0, 0.1) is 5.41 Å². The molecule has 142 valence electrons. The fourth-order valence-electron chi connectivity index (χ4n) is 2.35. The lowest BCUT2D eigenvalue weighted by Gasteiger charge is -2.27. The topological polar surface area (TPSA) is 108 Å². The fraction of sp³-hybridized carbons (Fsp3) is 0.389. The van der Waals surface area contributed by atoms with Gasteiger partial charge in [0, 0.05) is 0 Å². The van der Waals surface area contributed by atoms with Gasteiger partial charge in [0.25, 0.3) is 0 Å². The molecule has 0 heterocycles. The number of carbonyl (C=O) groups is 3. The molecule has 0 atom stereocenters. The molecule has 0 fully saturated rings. The SMILES string of the molecule is COC(=O)OC/C=C/CC(Cc1ccc(O)cc1)(C(=O)OC)C(=O)OC. The molecule has 0 amide bonds. The predicted molar refractivity (Wildman–Crippen MR) is 90.4 cm³/mol. The molecule has 0 bridgehead atoms. The largest absolute Gasteiger partial charge is 0.508 e. The number of esters is 2. The number of allylic oxidation sites excluding steroid dienone is 1. The fourth-order valence-corrected chi connectivity index (χ4v) is 2.35. The molecule has 1 N–H and O–H groups in total. The Morgan fingerprint density at radius 2 is 1.54 bits per heavy atom. The summed E-state index contributed by atoms with van der Waals surface area (Å²) in [5.74, 6) is -1.44. The van der Waals surface area contributed by atoms with Crippen molar-refractivity contribution in [3.8, 4) is 5.75 Å². The third kappa shape index (κ3) is 5.51. The quantitative estimate of drug-likeness (QED) is 0.322. The highest BCUT2D eigenvalue weighted by molar-refractivity contribution is 6.00. The molecule has 0 aliphatic carbocycles. The van der Waals surface area contributed by atoms with Crippen LogP contribution < -0.4 is 0 Å². The molecule has 0 aliphatic rings. The summed E-state index contributed by atoms with van der Waals surface area (Å²) in [7, 11) is 3.55. The van der Waals surface area contributed by atoms with Gasteiger partial charge in [-0.15, -0.1) is 0 Å². The number of methoxy groups -OCH3 is 3. The molecular weight excluding hydrogens is 344 g/mol. The number of phenolic OH excluding ortho intramolecular Hbond substituents is 1. The normalized spacial score (nSPS) is 11.0. The van der Waals surface area contributed by atoms with E-state index in [-0.39, 0.29) is 25.2 Å². The van der Waals surface area contributed by atoms with Crippen molar-refractivity contribution in [2.45, 2.75) is 12.8 Å². The van der Waals surface area contributed by atoms with Gasteiger partial charge in [-0.25, -0.2) is 4.79 Å². The number of carbonyl (C=O) groups excluding carboxylic acids is 3. The Morgan fingerprint density at radius 3 is 2.04 bits per heavy atom. The molecule has 1 aromatic carbocycles. The average molecular weight is 366 g/mol. The van der Waals surface area contributed by atoms with Gasteiger partial charge in [0.2, 0.25) is 0 Å². The molecule has 0 saturated heterocycles. The molecule has 8 nitrogen and oxygen atoms in total. The van der Waals surface area contributed by atoms with Crippen molar-refractivity contribution in [3.63, 3.8) is 0 Å². The second kappa shape index (κ2) is 10.1. The lowest BCUT2D eigenvalue weighted by molar-refractivity contribution is -0.169. The van der Waals surface area contributed by atoms with E-state index in [0.29, 0.717) is 5.56 Å². The number of ether oxygens (including phenoxy) is 4. The summed E-state index contributed by atoms with van der Waals surface area (Å²) in [5.41, 5.74) is -0.972. The third-order valence-corrected chi connectivity index (χ3v) is 3.69. The van der Waals surface area contributed by atoms with Gasteiger partial charge in [0.15, 0.2) is 5.41 Å². The number of hydrogen-bond acceptors (Lipinski definition) is 8. The van der Waals surface area contributed by atoms with Gasteiger partial charge >= 0.3 is 18.1 Å². The second-order valence-corrected chi connectivity index (χ2v) is 5.35. The number of aromatic hydroxyl groups is 1. The van der Waals surface area contributed by atoms with E-state index in [2.05, 4.69) is 4.74 Å². The molecule has 26 heavy (non-hydrogen) atoms. The lowest BCUT2D eigenvalue weighted by atomic mass is 9.78. The van der Waals surface area contributed by atoms with Gasteiger partial charge < -0.3 is 24.1 Å². The standard InChI is InChI=1S/C18H22O8/c1-23-15(20)18(16(21)24-2,10-4-5-11-26-17(22)25-3)12-13-6-8-14(19)9-7-13/h4-9,19H,10-12H2,1-3H3/b5-4+. The first-order valence-electron chi connectivity index (χ1n) is 7.70. The first kappa shape index (κ1) is 21.0. The van der Waals surface area contributed by atoms with Crippen molar-refractivity contribution in [3.05, 3.63) is 42.0 Å². The number of benzene rings is 1. The van der Waals surface area contributed by atoms with Crippen LogP contribution in [0.3, 0.4) is 0 Å². The van der Waals surface area contributed by atoms with E-state index < -0.39 is 23.5 Å². The van der Waals surface area contributed by atoms with Gasteiger partial charge in [0.1, 0.15) is 12.4 Å². The molecule has 0 radical (unpaired) electrons. The van der Waals surface area contributed by atoms with Crippen LogP contribution in [-0.2, 0) is 35.0 Å². The van der Waals surface area contributed by atoms with Crippen LogP contribution in [0.15, 0.2) is 36.4 Å². The van der Waals surface area contributed by atoms with E-state index in [0.717, 1.165) is 0 Å². The summed E-state index contributed by atoms with van der Waals surface area (Å²) in [6, 6.07) is 6.10. The summed E-state index contributed by atoms with van der Waals surface area (Å²) in [6.45, 7) is -0.0791. The number of rotatable bonds is 8. The van der Waals surface area contributed by atoms with Crippen molar-refractivity contribution < 1.29 is 38.4 Å². The van der Waals surface area contributed by atoms with Crippen molar-refractivity contribution in [1.82, 2.24) is 0 Å². The molecule has 1 aromatic rings. The maximum atomic E-state index is 12.4. The molecule has 0 spiro atoms. The Kier molecular flexibility index (Phi) is 8.14.